The van der Waals surface area contributed by atoms with Gasteiger partial charge in [-0.25, -0.2) is 0 Å². The van der Waals surface area contributed by atoms with Crippen LogP contribution in [0.1, 0.15) is 38.7 Å². The first kappa shape index (κ1) is 12.2. The molecule has 1 aromatic rings. The number of ether oxygens (including phenoxy) is 1. The molecule has 1 atom stereocenters. The van der Waals surface area contributed by atoms with Crippen molar-refractivity contribution < 1.29 is 4.74 Å². The van der Waals surface area contributed by atoms with Crippen molar-refractivity contribution in [3.8, 4) is 5.75 Å². The number of hydrogen-bond donors (Lipinski definition) is 2. The molecule has 0 aliphatic carbocycles. The molecule has 0 bridgehead atoms. The Hall–Kier alpha value is -1.22. The van der Waals surface area contributed by atoms with Crippen LogP contribution in [0, 0.1) is 0 Å². The summed E-state index contributed by atoms with van der Waals surface area (Å²) < 4.78 is 5.66. The van der Waals surface area contributed by atoms with Crippen molar-refractivity contribution in [2.45, 2.75) is 38.6 Å². The molecule has 94 valence electrons. The maximum Gasteiger partial charge on any atom is 0.124 e. The molecular formula is C14H22N2O. The number of benzene rings is 1. The van der Waals surface area contributed by atoms with Gasteiger partial charge in [-0.1, -0.05) is 6.07 Å². The molecule has 1 aromatic carbocycles. The van der Waals surface area contributed by atoms with Gasteiger partial charge in [0.25, 0.3) is 0 Å². The number of nitrogens with two attached hydrogens (primary N) is 1. The fraction of sp³-hybridized carbons (Fsp3) is 0.571. The molecule has 0 aromatic heterocycles. The zero-order valence-corrected chi connectivity index (χ0v) is 10.9. The second-order valence-electron chi connectivity index (χ2n) is 5.76. The third kappa shape index (κ3) is 3.13. The Balaban J connectivity index is 2.12. The van der Waals surface area contributed by atoms with Gasteiger partial charge in [0.15, 0.2) is 0 Å². The molecule has 0 saturated heterocycles. The highest BCUT2D eigenvalue weighted by Crippen LogP contribution is 2.34. The van der Waals surface area contributed by atoms with Crippen molar-refractivity contribution in [2.24, 2.45) is 0 Å². The van der Waals surface area contributed by atoms with Crippen LogP contribution in [-0.4, -0.2) is 18.7 Å². The summed E-state index contributed by atoms with van der Waals surface area (Å²) in [5.41, 5.74) is 7.99. The van der Waals surface area contributed by atoms with Crippen LogP contribution in [-0.2, 0) is 0 Å². The lowest BCUT2D eigenvalue weighted by molar-refractivity contribution is 0.258. The lowest BCUT2D eigenvalue weighted by Gasteiger charge is -2.29. The first-order chi connectivity index (χ1) is 7.96. The molecular weight excluding hydrogens is 212 g/mol. The summed E-state index contributed by atoms with van der Waals surface area (Å²) in [5, 5.41) is 3.56. The minimum atomic E-state index is 0.159. The quantitative estimate of drug-likeness (QED) is 0.773. The van der Waals surface area contributed by atoms with Crippen molar-refractivity contribution in [1.29, 1.82) is 0 Å². The minimum Gasteiger partial charge on any atom is -0.493 e. The number of nitrogen functional groups attached to an aromatic ring is 1. The van der Waals surface area contributed by atoms with E-state index in [0.29, 0.717) is 5.92 Å². The van der Waals surface area contributed by atoms with Gasteiger partial charge in [0.05, 0.1) is 6.61 Å². The van der Waals surface area contributed by atoms with Gasteiger partial charge in [-0.2, -0.15) is 0 Å². The van der Waals surface area contributed by atoms with Crippen LogP contribution in [0.2, 0.25) is 0 Å². The van der Waals surface area contributed by atoms with Crippen molar-refractivity contribution in [3.05, 3.63) is 23.8 Å². The van der Waals surface area contributed by atoms with E-state index < -0.39 is 0 Å². The molecule has 17 heavy (non-hydrogen) atoms. The van der Waals surface area contributed by atoms with E-state index in [9.17, 15) is 0 Å². The van der Waals surface area contributed by atoms with E-state index in [4.69, 9.17) is 10.5 Å². The summed E-state index contributed by atoms with van der Waals surface area (Å²) in [6.45, 7) is 8.35. The minimum absolute atomic E-state index is 0.159. The van der Waals surface area contributed by atoms with Gasteiger partial charge in [-0.15, -0.1) is 0 Å². The molecule has 3 N–H and O–H groups in total. The van der Waals surface area contributed by atoms with Gasteiger partial charge in [0, 0.05) is 29.8 Å². The Morgan fingerprint density at radius 1 is 1.41 bits per heavy atom. The number of nitrogens with one attached hydrogen (secondary N) is 1. The lowest BCUT2D eigenvalue weighted by Crippen LogP contribution is -2.39. The topological polar surface area (TPSA) is 47.3 Å². The third-order valence-electron chi connectivity index (χ3n) is 3.08. The van der Waals surface area contributed by atoms with Crippen LogP contribution in [0.15, 0.2) is 18.2 Å². The highest BCUT2D eigenvalue weighted by molar-refractivity contribution is 5.50. The fourth-order valence-corrected chi connectivity index (χ4v) is 2.12. The third-order valence-corrected chi connectivity index (χ3v) is 3.08. The van der Waals surface area contributed by atoms with E-state index in [-0.39, 0.29) is 5.54 Å². The largest absolute Gasteiger partial charge is 0.493 e. The maximum atomic E-state index is 5.77. The number of anilines is 1. The monoisotopic (exact) mass is 234 g/mol. The predicted molar refractivity (Wildman–Crippen MR) is 71.5 cm³/mol. The summed E-state index contributed by atoms with van der Waals surface area (Å²) in [6, 6.07) is 5.98. The zero-order valence-electron chi connectivity index (χ0n) is 10.9. The van der Waals surface area contributed by atoms with Crippen LogP contribution in [0.4, 0.5) is 5.69 Å². The molecule has 0 fully saturated rings. The summed E-state index contributed by atoms with van der Waals surface area (Å²) in [5.74, 6) is 1.48. The summed E-state index contributed by atoms with van der Waals surface area (Å²) in [4.78, 5) is 0. The Kier molecular flexibility index (Phi) is 3.29. The molecule has 3 heteroatoms. The second-order valence-corrected chi connectivity index (χ2v) is 5.76. The van der Waals surface area contributed by atoms with E-state index in [1.165, 1.54) is 5.56 Å². The molecule has 1 unspecified atom stereocenters. The molecule has 1 heterocycles. The van der Waals surface area contributed by atoms with Crippen molar-refractivity contribution in [2.75, 3.05) is 18.9 Å². The van der Waals surface area contributed by atoms with Gasteiger partial charge in [-0.3, -0.25) is 0 Å². The van der Waals surface area contributed by atoms with Crippen LogP contribution < -0.4 is 15.8 Å². The van der Waals surface area contributed by atoms with Gasteiger partial charge >= 0.3 is 0 Å². The van der Waals surface area contributed by atoms with Gasteiger partial charge in [0.2, 0.25) is 0 Å². The van der Waals surface area contributed by atoms with E-state index in [1.54, 1.807) is 0 Å². The second kappa shape index (κ2) is 4.57. The predicted octanol–water partition coefficient (Wildman–Crippen LogP) is 2.52. The van der Waals surface area contributed by atoms with Crippen LogP contribution in [0.25, 0.3) is 0 Å². The molecule has 0 amide bonds. The number of hydrogen-bond acceptors (Lipinski definition) is 3. The molecule has 0 spiro atoms. The summed E-state index contributed by atoms with van der Waals surface area (Å²) >= 11 is 0. The molecule has 0 saturated carbocycles. The van der Waals surface area contributed by atoms with Gasteiger partial charge < -0.3 is 15.8 Å². The molecule has 3 nitrogen and oxygen atoms in total. The Bertz CT molecular complexity index is 396. The smallest absolute Gasteiger partial charge is 0.124 e. The fourth-order valence-electron chi connectivity index (χ4n) is 2.12. The van der Waals surface area contributed by atoms with E-state index in [1.807, 2.05) is 12.1 Å². The number of fused-ring (bicyclic) bond motifs is 1. The van der Waals surface area contributed by atoms with E-state index in [0.717, 1.165) is 31.0 Å². The number of rotatable bonds is 2. The molecule has 2 rings (SSSR count). The Labute approximate surface area is 103 Å². The van der Waals surface area contributed by atoms with Crippen molar-refractivity contribution in [3.63, 3.8) is 0 Å². The molecule has 1 aliphatic rings. The van der Waals surface area contributed by atoms with Crippen molar-refractivity contribution >= 4 is 5.69 Å². The highest BCUT2D eigenvalue weighted by atomic mass is 16.5. The summed E-state index contributed by atoms with van der Waals surface area (Å²) in [6.07, 6.45) is 1.07. The first-order valence-corrected chi connectivity index (χ1v) is 6.23. The zero-order chi connectivity index (χ0) is 12.5. The SMILES string of the molecule is CC(C)(C)NCC1CCOc2cc(N)ccc21. The van der Waals surface area contributed by atoms with Crippen LogP contribution >= 0.6 is 0 Å². The van der Waals surface area contributed by atoms with Crippen molar-refractivity contribution in [1.82, 2.24) is 5.32 Å². The Morgan fingerprint density at radius 3 is 2.88 bits per heavy atom. The van der Waals surface area contributed by atoms with Gasteiger partial charge in [0.1, 0.15) is 5.75 Å². The maximum absolute atomic E-state index is 5.77. The normalized spacial score (nSPS) is 19.6. The molecule has 1 aliphatic heterocycles. The first-order valence-electron chi connectivity index (χ1n) is 6.23. The van der Waals surface area contributed by atoms with Gasteiger partial charge in [-0.05, 0) is 38.8 Å². The van der Waals surface area contributed by atoms with E-state index in [2.05, 4.69) is 32.2 Å². The van der Waals surface area contributed by atoms with Crippen LogP contribution in [0.3, 0.4) is 0 Å². The average molecular weight is 234 g/mol. The lowest BCUT2D eigenvalue weighted by atomic mass is 9.92. The average Bonchev–Trinajstić information content (AvgIpc) is 2.24. The Morgan fingerprint density at radius 2 is 2.18 bits per heavy atom. The van der Waals surface area contributed by atoms with E-state index >= 15 is 0 Å². The van der Waals surface area contributed by atoms with Crippen LogP contribution in [0.5, 0.6) is 5.75 Å². The standard InChI is InChI=1S/C14H22N2O/c1-14(2,3)16-9-10-6-7-17-13-8-11(15)4-5-12(10)13/h4-5,8,10,16H,6-7,9,15H2,1-3H3. The summed E-state index contributed by atoms with van der Waals surface area (Å²) in [7, 11) is 0. The highest BCUT2D eigenvalue weighted by Gasteiger charge is 2.22. The molecule has 0 radical (unpaired) electrons.